The number of amides is 1. The van der Waals surface area contributed by atoms with Gasteiger partial charge in [0.2, 0.25) is 0 Å². The highest BCUT2D eigenvalue weighted by Crippen LogP contribution is 2.24. The maximum Gasteiger partial charge on any atom is 0.355 e. The van der Waals surface area contributed by atoms with Crippen LogP contribution < -0.4 is 10.9 Å². The van der Waals surface area contributed by atoms with E-state index in [-0.39, 0.29) is 23.2 Å². The number of esters is 1. The third-order valence-corrected chi connectivity index (χ3v) is 5.25. The van der Waals surface area contributed by atoms with Crippen molar-refractivity contribution in [2.24, 2.45) is 5.92 Å². The molecule has 1 heterocycles. The van der Waals surface area contributed by atoms with Gasteiger partial charge in [-0.1, -0.05) is 70.2 Å². The Morgan fingerprint density at radius 3 is 2.26 bits per heavy atom. The summed E-state index contributed by atoms with van der Waals surface area (Å²) in [5, 5.41) is 4.06. The summed E-state index contributed by atoms with van der Waals surface area (Å²) in [6, 6.07) is 16.5. The Hall–Kier alpha value is -3.41. The summed E-state index contributed by atoms with van der Waals surface area (Å²) in [4.78, 5) is 39.5. The number of hydrogen-bond acceptors (Lipinski definition) is 4. The lowest BCUT2D eigenvalue weighted by atomic mass is 9.93. The molecular weight excluding hydrogens is 392 g/mol. The van der Waals surface area contributed by atoms with Gasteiger partial charge in [-0.2, -0.15) is 0 Å². The first-order chi connectivity index (χ1) is 14.8. The summed E-state index contributed by atoms with van der Waals surface area (Å²) >= 11 is 0. The second-order valence-electron chi connectivity index (χ2n) is 8.29. The molecule has 1 amide bonds. The number of pyridine rings is 1. The predicted octanol–water partition coefficient (Wildman–Crippen LogP) is 4.32. The first kappa shape index (κ1) is 22.3. The van der Waals surface area contributed by atoms with Crippen molar-refractivity contribution in [1.29, 1.82) is 0 Å². The zero-order valence-corrected chi connectivity index (χ0v) is 18.3. The average Bonchev–Trinajstić information content (AvgIpc) is 2.75. The van der Waals surface area contributed by atoms with E-state index in [1.807, 2.05) is 26.0 Å². The molecule has 0 saturated heterocycles. The molecule has 0 spiro atoms. The Kier molecular flexibility index (Phi) is 6.90. The molecule has 0 unspecified atom stereocenters. The highest BCUT2D eigenvalue weighted by molar-refractivity contribution is 5.94. The molecule has 6 nitrogen and oxygen atoms in total. The van der Waals surface area contributed by atoms with E-state index in [0.29, 0.717) is 16.7 Å². The van der Waals surface area contributed by atoms with Crippen LogP contribution in [0.4, 0.5) is 0 Å². The molecule has 0 bridgehead atoms. The minimum absolute atomic E-state index is 0.0150. The smallest absolute Gasteiger partial charge is 0.355 e. The quantitative estimate of drug-likeness (QED) is 0.557. The number of aromatic nitrogens is 1. The van der Waals surface area contributed by atoms with Gasteiger partial charge >= 0.3 is 5.97 Å². The van der Waals surface area contributed by atoms with Crippen LogP contribution >= 0.6 is 0 Å². The highest BCUT2D eigenvalue weighted by atomic mass is 16.5. The standard InChI is InChI=1S/C25H28N2O4/c1-15(2)17-9-11-18(12-10-17)23(16(3)4)27-22(28)14-31-25(30)21-13-19-7-5-6-8-20(19)24(29)26-21/h5-13,15-16,23H,14H2,1-4H3,(H,26,29)(H,27,28)/t23-/m1/s1. The molecule has 0 aliphatic rings. The molecule has 162 valence electrons. The van der Waals surface area contributed by atoms with Gasteiger partial charge in [0, 0.05) is 5.39 Å². The van der Waals surface area contributed by atoms with Crippen LogP contribution in [0.25, 0.3) is 10.8 Å². The van der Waals surface area contributed by atoms with Crippen molar-refractivity contribution in [1.82, 2.24) is 10.3 Å². The normalized spacial score (nSPS) is 12.2. The number of fused-ring (bicyclic) bond motifs is 1. The lowest BCUT2D eigenvalue weighted by Crippen LogP contribution is -2.35. The lowest BCUT2D eigenvalue weighted by Gasteiger charge is -2.23. The third-order valence-electron chi connectivity index (χ3n) is 5.25. The molecule has 0 saturated carbocycles. The maximum absolute atomic E-state index is 12.5. The molecule has 2 aromatic carbocycles. The van der Waals surface area contributed by atoms with Crippen LogP contribution in [-0.4, -0.2) is 23.5 Å². The molecule has 0 aliphatic carbocycles. The van der Waals surface area contributed by atoms with Crippen molar-refractivity contribution in [2.45, 2.75) is 39.7 Å². The number of rotatable bonds is 7. The van der Waals surface area contributed by atoms with E-state index in [1.54, 1.807) is 30.3 Å². The molecule has 6 heteroatoms. The molecular formula is C25H28N2O4. The maximum atomic E-state index is 12.5. The topological polar surface area (TPSA) is 88.3 Å². The van der Waals surface area contributed by atoms with Gasteiger partial charge in [0.25, 0.3) is 11.5 Å². The van der Waals surface area contributed by atoms with Crippen molar-refractivity contribution in [3.05, 3.63) is 81.8 Å². The summed E-state index contributed by atoms with van der Waals surface area (Å²) in [6.45, 7) is 7.88. The molecule has 3 aromatic rings. The summed E-state index contributed by atoms with van der Waals surface area (Å²) < 4.78 is 5.14. The van der Waals surface area contributed by atoms with Crippen LogP contribution in [0.1, 0.15) is 61.3 Å². The van der Waals surface area contributed by atoms with Gasteiger partial charge in [-0.3, -0.25) is 9.59 Å². The SMILES string of the molecule is CC(C)c1ccc([C@H](NC(=O)COC(=O)c2cc3ccccc3c(=O)[nH]2)C(C)C)cc1. The van der Waals surface area contributed by atoms with E-state index in [4.69, 9.17) is 4.74 Å². The van der Waals surface area contributed by atoms with Crippen LogP contribution in [0.15, 0.2) is 59.4 Å². The first-order valence-corrected chi connectivity index (χ1v) is 10.4. The molecule has 1 aromatic heterocycles. The van der Waals surface area contributed by atoms with E-state index in [9.17, 15) is 14.4 Å². The molecule has 2 N–H and O–H groups in total. The molecule has 0 radical (unpaired) electrons. The molecule has 1 atom stereocenters. The Morgan fingerprint density at radius 2 is 1.61 bits per heavy atom. The monoisotopic (exact) mass is 420 g/mol. The van der Waals surface area contributed by atoms with Gasteiger partial charge in [0.05, 0.1) is 6.04 Å². The van der Waals surface area contributed by atoms with Gasteiger partial charge in [-0.05, 0) is 40.5 Å². The minimum Gasteiger partial charge on any atom is -0.451 e. The third kappa shape index (κ3) is 5.40. The zero-order chi connectivity index (χ0) is 22.5. The summed E-state index contributed by atoms with van der Waals surface area (Å²) in [5.74, 6) is -0.563. The predicted molar refractivity (Wildman–Crippen MR) is 121 cm³/mol. The highest BCUT2D eigenvalue weighted by Gasteiger charge is 2.20. The fraction of sp³-hybridized carbons (Fsp3) is 0.320. The Balaban J connectivity index is 1.65. The summed E-state index contributed by atoms with van der Waals surface area (Å²) in [7, 11) is 0. The fourth-order valence-corrected chi connectivity index (χ4v) is 3.47. The van der Waals surface area contributed by atoms with Gasteiger partial charge in [0.1, 0.15) is 5.69 Å². The Morgan fingerprint density at radius 1 is 0.968 bits per heavy atom. The van der Waals surface area contributed by atoms with Crippen LogP contribution in [-0.2, 0) is 9.53 Å². The average molecular weight is 421 g/mol. The second kappa shape index (κ2) is 9.60. The number of aromatic amines is 1. The van der Waals surface area contributed by atoms with Crippen LogP contribution in [0, 0.1) is 5.92 Å². The number of hydrogen-bond donors (Lipinski definition) is 2. The fourth-order valence-electron chi connectivity index (χ4n) is 3.47. The number of benzene rings is 2. The number of carbonyl (C=O) groups excluding carboxylic acids is 2. The number of ether oxygens (including phenoxy) is 1. The number of H-pyrrole nitrogens is 1. The molecule has 0 fully saturated rings. The van der Waals surface area contributed by atoms with Gasteiger partial charge in [0.15, 0.2) is 6.61 Å². The molecule has 0 aliphatic heterocycles. The van der Waals surface area contributed by atoms with Crippen LogP contribution in [0.2, 0.25) is 0 Å². The largest absolute Gasteiger partial charge is 0.451 e. The van der Waals surface area contributed by atoms with Gasteiger partial charge in [-0.25, -0.2) is 4.79 Å². The van der Waals surface area contributed by atoms with Crippen LogP contribution in [0.3, 0.4) is 0 Å². The molecule has 31 heavy (non-hydrogen) atoms. The summed E-state index contributed by atoms with van der Waals surface area (Å²) in [6.07, 6.45) is 0. The Bertz CT molecular complexity index is 1130. The number of nitrogens with one attached hydrogen (secondary N) is 2. The number of carbonyl (C=O) groups is 2. The minimum atomic E-state index is -0.750. The van der Waals surface area contributed by atoms with E-state index in [2.05, 4.69) is 36.3 Å². The first-order valence-electron chi connectivity index (χ1n) is 10.4. The van der Waals surface area contributed by atoms with E-state index in [0.717, 1.165) is 5.56 Å². The summed E-state index contributed by atoms with van der Waals surface area (Å²) in [5.41, 5.74) is 1.87. The van der Waals surface area contributed by atoms with Crippen LogP contribution in [0.5, 0.6) is 0 Å². The van der Waals surface area contributed by atoms with Crippen molar-refractivity contribution < 1.29 is 14.3 Å². The Labute approximate surface area is 181 Å². The lowest BCUT2D eigenvalue weighted by molar-refractivity contribution is -0.125. The van der Waals surface area contributed by atoms with Crippen molar-refractivity contribution >= 4 is 22.6 Å². The van der Waals surface area contributed by atoms with Crippen molar-refractivity contribution in [2.75, 3.05) is 6.61 Å². The van der Waals surface area contributed by atoms with E-state index >= 15 is 0 Å². The van der Waals surface area contributed by atoms with E-state index in [1.165, 1.54) is 5.56 Å². The van der Waals surface area contributed by atoms with Crippen molar-refractivity contribution in [3.8, 4) is 0 Å². The molecule has 3 rings (SSSR count). The van der Waals surface area contributed by atoms with Crippen molar-refractivity contribution in [3.63, 3.8) is 0 Å². The second-order valence-corrected chi connectivity index (χ2v) is 8.29. The van der Waals surface area contributed by atoms with Gasteiger partial charge < -0.3 is 15.0 Å². The van der Waals surface area contributed by atoms with E-state index < -0.39 is 18.5 Å². The van der Waals surface area contributed by atoms with Gasteiger partial charge in [-0.15, -0.1) is 0 Å². The zero-order valence-electron chi connectivity index (χ0n) is 18.3.